The lowest BCUT2D eigenvalue weighted by molar-refractivity contribution is 0.102. The molecule has 6 nitrogen and oxygen atoms in total. The van der Waals surface area contributed by atoms with E-state index in [9.17, 15) is 18.0 Å². The smallest absolute Gasteiger partial charge is 0.283 e. The summed E-state index contributed by atoms with van der Waals surface area (Å²) < 4.78 is 48.1. The van der Waals surface area contributed by atoms with Gasteiger partial charge in [-0.15, -0.1) is 0 Å². The molecular formula is C18H14ClF3N4O2. The summed E-state index contributed by atoms with van der Waals surface area (Å²) in [7, 11) is 0. The first kappa shape index (κ1) is 18.5. The van der Waals surface area contributed by atoms with E-state index in [2.05, 4.69) is 15.3 Å². The van der Waals surface area contributed by atoms with Crippen LogP contribution in [0.2, 0.25) is 5.02 Å². The summed E-state index contributed by atoms with van der Waals surface area (Å²) in [5.41, 5.74) is 3.52. The fraction of sp³-hybridized carbons (Fsp3) is 0.278. The lowest BCUT2D eigenvalue weighted by Gasteiger charge is -2.31. The molecule has 1 aliphatic carbocycles. The number of benzene rings is 1. The van der Waals surface area contributed by atoms with Gasteiger partial charge in [0.15, 0.2) is 11.6 Å². The van der Waals surface area contributed by atoms with Crippen molar-refractivity contribution in [1.82, 2.24) is 4.98 Å². The van der Waals surface area contributed by atoms with Crippen LogP contribution in [0.4, 0.5) is 18.9 Å². The lowest BCUT2D eigenvalue weighted by Crippen LogP contribution is -2.40. The third-order valence-electron chi connectivity index (χ3n) is 4.84. The highest BCUT2D eigenvalue weighted by atomic mass is 35.5. The van der Waals surface area contributed by atoms with Crippen molar-refractivity contribution in [1.29, 1.82) is 0 Å². The maximum Gasteiger partial charge on any atom is 0.283 e. The number of amidine groups is 1. The van der Waals surface area contributed by atoms with Gasteiger partial charge in [0, 0.05) is 29.4 Å². The number of hydrogen-bond donors (Lipinski definition) is 2. The Morgan fingerprint density at radius 3 is 2.86 bits per heavy atom. The van der Waals surface area contributed by atoms with Gasteiger partial charge < -0.3 is 15.8 Å². The number of rotatable bonds is 4. The number of fused-ring (bicyclic) bond motifs is 1. The van der Waals surface area contributed by atoms with Crippen LogP contribution in [0.3, 0.4) is 0 Å². The van der Waals surface area contributed by atoms with Gasteiger partial charge in [-0.3, -0.25) is 4.79 Å². The van der Waals surface area contributed by atoms with Gasteiger partial charge in [-0.2, -0.15) is 0 Å². The maximum absolute atomic E-state index is 14.6. The molecule has 1 saturated carbocycles. The molecule has 0 saturated heterocycles. The lowest BCUT2D eigenvalue weighted by atomic mass is 9.85. The first-order valence-electron chi connectivity index (χ1n) is 8.34. The van der Waals surface area contributed by atoms with Crippen LogP contribution in [-0.2, 0) is 10.3 Å². The molecule has 4 rings (SSSR count). The van der Waals surface area contributed by atoms with Crippen molar-refractivity contribution < 1.29 is 22.7 Å². The van der Waals surface area contributed by atoms with E-state index in [1.54, 1.807) is 0 Å². The van der Waals surface area contributed by atoms with E-state index in [4.69, 9.17) is 22.1 Å². The molecule has 0 radical (unpaired) electrons. The molecule has 1 aromatic carbocycles. The average Bonchev–Trinajstić information content (AvgIpc) is 3.44. The number of aromatic nitrogens is 1. The largest absolute Gasteiger partial charge is 0.462 e. The molecule has 0 bridgehead atoms. The van der Waals surface area contributed by atoms with E-state index in [0.717, 1.165) is 12.1 Å². The van der Waals surface area contributed by atoms with Crippen molar-refractivity contribution in [2.75, 3.05) is 12.0 Å². The first-order chi connectivity index (χ1) is 13.3. The molecule has 1 unspecified atom stereocenters. The van der Waals surface area contributed by atoms with E-state index in [-0.39, 0.29) is 23.0 Å². The van der Waals surface area contributed by atoms with Crippen LogP contribution in [0.25, 0.3) is 0 Å². The molecule has 10 heteroatoms. The fourth-order valence-corrected chi connectivity index (χ4v) is 3.52. The summed E-state index contributed by atoms with van der Waals surface area (Å²) in [5.74, 6) is -3.63. The average molecular weight is 411 g/mol. The highest BCUT2D eigenvalue weighted by Gasteiger charge is 2.60. The Labute approximate surface area is 162 Å². The quantitative estimate of drug-likeness (QED) is 0.810. The topological polar surface area (TPSA) is 89.6 Å². The summed E-state index contributed by atoms with van der Waals surface area (Å²) in [4.78, 5) is 20.1. The van der Waals surface area contributed by atoms with Crippen LogP contribution in [0.15, 0.2) is 35.5 Å². The van der Waals surface area contributed by atoms with Gasteiger partial charge in [0.25, 0.3) is 11.9 Å². The van der Waals surface area contributed by atoms with Gasteiger partial charge in [0.2, 0.25) is 0 Å². The summed E-state index contributed by atoms with van der Waals surface area (Å²) >= 11 is 5.73. The van der Waals surface area contributed by atoms with Crippen molar-refractivity contribution in [2.24, 2.45) is 16.6 Å². The second-order valence-corrected chi connectivity index (χ2v) is 7.08. The highest BCUT2D eigenvalue weighted by Crippen LogP contribution is 2.54. The van der Waals surface area contributed by atoms with Crippen LogP contribution in [-0.4, -0.2) is 29.7 Å². The molecule has 3 atom stereocenters. The molecule has 28 heavy (non-hydrogen) atoms. The monoisotopic (exact) mass is 410 g/mol. The van der Waals surface area contributed by atoms with Crippen LogP contribution in [0.1, 0.15) is 22.5 Å². The molecule has 1 aromatic heterocycles. The zero-order chi connectivity index (χ0) is 20.1. The van der Waals surface area contributed by atoms with Crippen molar-refractivity contribution in [3.8, 4) is 0 Å². The third-order valence-corrected chi connectivity index (χ3v) is 5.07. The Balaban J connectivity index is 1.72. The van der Waals surface area contributed by atoms with Crippen LogP contribution in [0.5, 0.6) is 0 Å². The number of amides is 1. The number of ether oxygens (including phenoxy) is 1. The molecule has 1 aliphatic heterocycles. The van der Waals surface area contributed by atoms with Gasteiger partial charge in [-0.25, -0.2) is 23.1 Å². The molecule has 146 valence electrons. The Morgan fingerprint density at radius 2 is 2.18 bits per heavy atom. The number of pyridine rings is 1. The van der Waals surface area contributed by atoms with E-state index in [1.807, 2.05) is 0 Å². The molecule has 2 aromatic rings. The Kier molecular flexibility index (Phi) is 4.41. The Morgan fingerprint density at radius 1 is 1.39 bits per heavy atom. The standard InChI is InChI=1S/C18H14ClF3N4O2/c19-8-1-2-13(24-6-8)16(27)25-9-3-11(15(22)12(21)4-9)18(7-20)10-5-14(10)28-17(23)26-18/h1-4,6,10,14H,5,7H2,(H2,23,26)(H,25,27)/t10-,14?,18-/m0/s1. The number of anilines is 1. The second kappa shape index (κ2) is 6.66. The van der Waals surface area contributed by atoms with Gasteiger partial charge in [0.05, 0.1) is 5.02 Å². The maximum atomic E-state index is 14.6. The minimum absolute atomic E-state index is 0.0199. The molecule has 1 fully saturated rings. The zero-order valence-corrected chi connectivity index (χ0v) is 15.0. The number of aliphatic imine (C=N–C) groups is 1. The number of halogens is 4. The number of nitrogens with zero attached hydrogens (tertiary/aromatic N) is 2. The minimum Gasteiger partial charge on any atom is -0.462 e. The van der Waals surface area contributed by atoms with E-state index < -0.39 is 41.8 Å². The number of nitrogens with two attached hydrogens (primary N) is 1. The number of nitrogens with one attached hydrogen (secondary N) is 1. The van der Waals surface area contributed by atoms with Gasteiger partial charge in [-0.05, 0) is 24.6 Å². The predicted molar refractivity (Wildman–Crippen MR) is 95.8 cm³/mol. The molecular weight excluding hydrogens is 397 g/mol. The third kappa shape index (κ3) is 3.05. The fourth-order valence-electron chi connectivity index (χ4n) is 3.41. The Bertz CT molecular complexity index is 986. The summed E-state index contributed by atoms with van der Waals surface area (Å²) in [6.45, 7) is -1.09. The van der Waals surface area contributed by atoms with E-state index in [1.165, 1.54) is 18.3 Å². The second-order valence-electron chi connectivity index (χ2n) is 6.64. The van der Waals surface area contributed by atoms with E-state index in [0.29, 0.717) is 11.4 Å². The van der Waals surface area contributed by atoms with Crippen LogP contribution < -0.4 is 11.1 Å². The van der Waals surface area contributed by atoms with Gasteiger partial charge >= 0.3 is 0 Å². The van der Waals surface area contributed by atoms with Crippen molar-refractivity contribution >= 4 is 29.2 Å². The molecule has 2 heterocycles. The molecule has 2 aliphatic rings. The van der Waals surface area contributed by atoms with Crippen molar-refractivity contribution in [3.05, 3.63) is 58.4 Å². The van der Waals surface area contributed by atoms with Crippen LogP contribution >= 0.6 is 11.6 Å². The SMILES string of the molecule is NC1=N[C@](CF)(c2cc(NC(=O)c3ccc(Cl)cn3)cc(F)c2F)[C@H]2CC2O1. The number of alkyl halides is 1. The van der Waals surface area contributed by atoms with Gasteiger partial charge in [-0.1, -0.05) is 11.6 Å². The van der Waals surface area contributed by atoms with Crippen molar-refractivity contribution in [2.45, 2.75) is 18.1 Å². The van der Waals surface area contributed by atoms with Crippen molar-refractivity contribution in [3.63, 3.8) is 0 Å². The summed E-state index contributed by atoms with van der Waals surface area (Å²) in [6.07, 6.45) is 1.30. The van der Waals surface area contributed by atoms with E-state index >= 15 is 0 Å². The number of carbonyl (C=O) groups is 1. The molecule has 1 amide bonds. The normalized spacial score (nSPS) is 25.4. The number of carbonyl (C=O) groups excluding carboxylic acids is 1. The molecule has 0 spiro atoms. The molecule has 3 N–H and O–H groups in total. The summed E-state index contributed by atoms with van der Waals surface area (Å²) in [6, 6.07) is 4.51. The zero-order valence-electron chi connectivity index (χ0n) is 14.3. The summed E-state index contributed by atoms with van der Waals surface area (Å²) in [5, 5.41) is 2.76. The number of hydrogen-bond acceptors (Lipinski definition) is 5. The predicted octanol–water partition coefficient (Wildman–Crippen LogP) is 3.16. The Hall–Kier alpha value is -2.81. The van der Waals surface area contributed by atoms with Gasteiger partial charge in [0.1, 0.15) is 24.0 Å². The highest BCUT2D eigenvalue weighted by molar-refractivity contribution is 6.30. The first-order valence-corrected chi connectivity index (χ1v) is 8.72. The minimum atomic E-state index is -1.70. The van der Waals surface area contributed by atoms with Crippen LogP contribution in [0, 0.1) is 17.6 Å².